The van der Waals surface area contributed by atoms with Gasteiger partial charge in [0.1, 0.15) is 5.75 Å². The number of carbonyl (C=O) groups excluding carboxylic acids is 1. The van der Waals surface area contributed by atoms with Gasteiger partial charge < -0.3 is 25.8 Å². The number of ketones is 1. The molecule has 8 nitrogen and oxygen atoms in total. The topological polar surface area (TPSA) is 140 Å². The lowest BCUT2D eigenvalue weighted by Gasteiger charge is -2.30. The highest BCUT2D eigenvalue weighted by Crippen LogP contribution is 2.40. The van der Waals surface area contributed by atoms with Crippen molar-refractivity contribution in [1.29, 1.82) is 0 Å². The summed E-state index contributed by atoms with van der Waals surface area (Å²) in [7, 11) is 0. The lowest BCUT2D eigenvalue weighted by atomic mass is 9.80. The van der Waals surface area contributed by atoms with Crippen LogP contribution >= 0.6 is 0 Å². The number of fused-ring (bicyclic) bond motifs is 3. The molecule has 0 aromatic heterocycles. The number of phenols is 2. The van der Waals surface area contributed by atoms with E-state index in [0.29, 0.717) is 54.2 Å². The van der Waals surface area contributed by atoms with Crippen LogP contribution in [0.25, 0.3) is 0 Å². The Labute approximate surface area is 348 Å². The number of nitrogens with zero attached hydrogens (tertiary/aromatic N) is 1. The number of hydrogen-bond acceptors (Lipinski definition) is 8. The third-order valence-electron chi connectivity index (χ3n) is 11.7. The van der Waals surface area contributed by atoms with E-state index >= 15 is 0 Å². The van der Waals surface area contributed by atoms with Crippen molar-refractivity contribution >= 4 is 11.5 Å². The Bertz CT molecular complexity index is 2330. The first-order valence-electron chi connectivity index (χ1n) is 21.0. The molecule has 59 heavy (non-hydrogen) atoms. The van der Waals surface area contributed by atoms with Crippen LogP contribution in [-0.4, -0.2) is 34.9 Å². The number of nitrogens with one attached hydrogen (secondary N) is 1. The third kappa shape index (κ3) is 10.8. The fourth-order valence-corrected chi connectivity index (χ4v) is 8.22. The van der Waals surface area contributed by atoms with Gasteiger partial charge in [-0.1, -0.05) is 85.9 Å². The van der Waals surface area contributed by atoms with Crippen molar-refractivity contribution in [2.45, 2.75) is 89.6 Å². The van der Waals surface area contributed by atoms with E-state index in [1.807, 2.05) is 30.3 Å². The second-order valence-electron chi connectivity index (χ2n) is 16.0. The average Bonchev–Trinajstić information content (AvgIpc) is 3.72. The Morgan fingerprint density at radius 3 is 2.63 bits per heavy atom. The van der Waals surface area contributed by atoms with E-state index in [9.17, 15) is 20.1 Å². The Morgan fingerprint density at radius 2 is 1.78 bits per heavy atom. The van der Waals surface area contributed by atoms with Crippen molar-refractivity contribution in [2.24, 2.45) is 16.6 Å². The molecule has 2 aliphatic heterocycles. The van der Waals surface area contributed by atoms with Crippen LogP contribution in [0.5, 0.6) is 17.2 Å². The third-order valence-corrected chi connectivity index (χ3v) is 11.7. The second kappa shape index (κ2) is 19.7. The fraction of sp³-hybridized carbons (Fsp3) is 0.333. The average molecular weight is 789 g/mol. The van der Waals surface area contributed by atoms with Gasteiger partial charge in [-0.05, 0) is 126 Å². The van der Waals surface area contributed by atoms with Gasteiger partial charge in [0, 0.05) is 42.6 Å². The lowest BCUT2D eigenvalue weighted by molar-refractivity contribution is -0.307. The number of hydrogen-bond donors (Lipinski definition) is 4. The largest absolute Gasteiger partial charge is 0.875 e. The summed E-state index contributed by atoms with van der Waals surface area (Å²) in [5.74, 6) is 7.28. The zero-order chi connectivity index (χ0) is 41.1. The molecule has 3 aliphatic rings. The molecule has 304 valence electrons. The molecule has 7 rings (SSSR count). The highest BCUT2D eigenvalue weighted by Gasteiger charge is 2.26. The van der Waals surface area contributed by atoms with Crippen molar-refractivity contribution in [2.75, 3.05) is 13.2 Å². The normalized spacial score (nSPS) is 17.7. The first kappa shape index (κ1) is 41.3. The molecule has 0 fully saturated rings. The second-order valence-corrected chi connectivity index (χ2v) is 16.0. The van der Waals surface area contributed by atoms with Crippen molar-refractivity contribution in [3.05, 3.63) is 159 Å². The van der Waals surface area contributed by atoms with E-state index < -0.39 is 5.92 Å². The summed E-state index contributed by atoms with van der Waals surface area (Å²) in [6.45, 7) is 3.31. The fourth-order valence-electron chi connectivity index (χ4n) is 8.22. The summed E-state index contributed by atoms with van der Waals surface area (Å²) in [6.07, 6.45) is 14.9. The molecule has 0 saturated heterocycles. The SMILES string of the molecule is C[C@H](CCC/C=C/C(=O)CCc1ccc(O)c(OCCc2ccc(O)c([C@@H]3CC([O-])=C4C=CN=C4CC#Cc4cc5c(cc43)CCN[C@@H]5N)c2)c1)CCc1ccccc1. The molecule has 8 heteroatoms. The Hall–Kier alpha value is -5.88. The first-order chi connectivity index (χ1) is 28.7. The van der Waals surface area contributed by atoms with Gasteiger partial charge in [-0.2, -0.15) is 0 Å². The summed E-state index contributed by atoms with van der Waals surface area (Å²) in [5, 5.41) is 39.2. The van der Waals surface area contributed by atoms with E-state index in [0.717, 1.165) is 72.0 Å². The van der Waals surface area contributed by atoms with Gasteiger partial charge in [-0.15, -0.1) is 5.76 Å². The Kier molecular flexibility index (Phi) is 13.8. The van der Waals surface area contributed by atoms with Crippen LogP contribution in [0, 0.1) is 17.8 Å². The predicted octanol–water partition coefficient (Wildman–Crippen LogP) is 8.18. The van der Waals surface area contributed by atoms with Crippen LogP contribution in [0.1, 0.15) is 108 Å². The lowest BCUT2D eigenvalue weighted by Crippen LogP contribution is -2.35. The molecule has 4 aromatic rings. The number of aromatic hydroxyl groups is 2. The van der Waals surface area contributed by atoms with Crippen LogP contribution in [0.4, 0.5) is 0 Å². The zero-order valence-corrected chi connectivity index (χ0v) is 33.9. The van der Waals surface area contributed by atoms with Crippen molar-refractivity contribution in [3.8, 4) is 29.1 Å². The maximum atomic E-state index is 13.9. The van der Waals surface area contributed by atoms with Gasteiger partial charge in [0.05, 0.1) is 24.9 Å². The molecule has 0 saturated carbocycles. The van der Waals surface area contributed by atoms with E-state index in [4.69, 9.17) is 10.5 Å². The summed E-state index contributed by atoms with van der Waals surface area (Å²) in [6, 6.07) is 25.4. The smallest absolute Gasteiger partial charge is 0.161 e. The molecular weight excluding hydrogens is 735 g/mol. The van der Waals surface area contributed by atoms with Crippen molar-refractivity contribution < 1.29 is 24.9 Å². The van der Waals surface area contributed by atoms with Crippen LogP contribution in [0.2, 0.25) is 0 Å². The van der Waals surface area contributed by atoms with Crippen LogP contribution in [0.3, 0.4) is 0 Å². The van der Waals surface area contributed by atoms with Gasteiger partial charge in [0.2, 0.25) is 0 Å². The minimum Gasteiger partial charge on any atom is -0.875 e. The number of ether oxygens (including phenoxy) is 1. The molecule has 3 atom stereocenters. The first-order valence-corrected chi connectivity index (χ1v) is 21.0. The van der Waals surface area contributed by atoms with Gasteiger partial charge in [-0.3, -0.25) is 15.1 Å². The number of unbranched alkanes of at least 4 members (excludes halogenated alkanes) is 1. The predicted molar refractivity (Wildman–Crippen MR) is 232 cm³/mol. The number of aryl methyl sites for hydroxylation is 2. The molecule has 1 aliphatic carbocycles. The summed E-state index contributed by atoms with van der Waals surface area (Å²) in [5.41, 5.74) is 15.3. The number of benzene rings is 4. The number of carbonyl (C=O) groups is 1. The molecular formula is C51H54N3O5-. The molecule has 0 bridgehead atoms. The van der Waals surface area contributed by atoms with E-state index in [-0.39, 0.29) is 42.2 Å². The number of allylic oxidation sites excluding steroid dienone is 5. The van der Waals surface area contributed by atoms with E-state index in [1.165, 1.54) is 12.0 Å². The molecule has 0 unspecified atom stereocenters. The van der Waals surface area contributed by atoms with E-state index in [2.05, 4.69) is 65.5 Å². The molecule has 0 radical (unpaired) electrons. The van der Waals surface area contributed by atoms with E-state index in [1.54, 1.807) is 36.6 Å². The maximum absolute atomic E-state index is 13.9. The molecule has 0 amide bonds. The Balaban J connectivity index is 0.967. The minimum absolute atomic E-state index is 0.0294. The monoisotopic (exact) mass is 788 g/mol. The van der Waals surface area contributed by atoms with Gasteiger partial charge in [0.15, 0.2) is 17.3 Å². The van der Waals surface area contributed by atoms with Crippen molar-refractivity contribution in [3.63, 3.8) is 0 Å². The maximum Gasteiger partial charge on any atom is 0.161 e. The Morgan fingerprint density at radius 1 is 0.966 bits per heavy atom. The summed E-state index contributed by atoms with van der Waals surface area (Å²) >= 11 is 0. The van der Waals surface area contributed by atoms with Crippen LogP contribution < -0.4 is 20.9 Å². The summed E-state index contributed by atoms with van der Waals surface area (Å²) < 4.78 is 6.09. The summed E-state index contributed by atoms with van der Waals surface area (Å²) in [4.78, 5) is 17.1. The molecule has 0 spiro atoms. The van der Waals surface area contributed by atoms with Gasteiger partial charge in [-0.25, -0.2) is 0 Å². The van der Waals surface area contributed by atoms with Gasteiger partial charge >= 0.3 is 0 Å². The highest BCUT2D eigenvalue weighted by atomic mass is 16.5. The van der Waals surface area contributed by atoms with Gasteiger partial charge in [0.25, 0.3) is 0 Å². The number of nitrogens with two attached hydrogens (primary N) is 1. The molecule has 4 aromatic carbocycles. The highest BCUT2D eigenvalue weighted by molar-refractivity contribution is 6.06. The van der Waals surface area contributed by atoms with Crippen LogP contribution in [-0.2, 0) is 30.5 Å². The number of phenolic OH excluding ortho intramolecular Hbond substituents is 2. The number of rotatable bonds is 16. The minimum atomic E-state index is -0.470. The number of aliphatic imine (C=N–C) groups is 1. The van der Waals surface area contributed by atoms with Crippen LogP contribution in [0.15, 0.2) is 120 Å². The van der Waals surface area contributed by atoms with Crippen molar-refractivity contribution in [1.82, 2.24) is 5.32 Å². The standard InChI is InChI=1S/C51H55N3O5/c1-34(15-16-35-10-5-3-6-11-35)9-4-2-7-13-40(55)20-17-36-19-22-48(57)50(30-36)59-28-25-37-18-21-47(56)45(29-37)44-33-49(58)41-24-27-53-46(41)14-8-12-38-32-43-39(31-42(38)44)23-26-54-51(43)52/h3,5-7,10-11,13,18-19,21-22,24,27,29-32,34,44,51,54,56-58H,2,4,9,14-17,20,23,25-26,28,33,52H2,1H3/p-1/b13-7+,49-41?/t34-,44-,51+/m1/s1. The zero-order valence-electron chi connectivity index (χ0n) is 33.9. The molecule has 5 N–H and O–H groups in total. The quantitative estimate of drug-likeness (QED) is 0.0510. The molecule has 2 heterocycles.